The molecule has 19 heavy (non-hydrogen) atoms. The Labute approximate surface area is 111 Å². The molecule has 100 valence electrons. The second-order valence-corrected chi connectivity index (χ2v) is 4.51. The van der Waals surface area contributed by atoms with Gasteiger partial charge in [0.15, 0.2) is 0 Å². The Morgan fingerprint density at radius 1 is 1.37 bits per heavy atom. The molecule has 0 bridgehead atoms. The van der Waals surface area contributed by atoms with E-state index >= 15 is 0 Å². The van der Waals surface area contributed by atoms with Gasteiger partial charge in [-0.15, -0.1) is 0 Å². The van der Waals surface area contributed by atoms with Crippen molar-refractivity contribution in [2.24, 2.45) is 5.73 Å². The molecule has 1 heterocycles. The molecule has 0 fully saturated rings. The second-order valence-electron chi connectivity index (χ2n) is 4.51. The van der Waals surface area contributed by atoms with Crippen molar-refractivity contribution >= 4 is 11.6 Å². The smallest absolute Gasteiger partial charge is 0.248 e. The molecule has 0 aliphatic rings. The number of aromatic nitrogens is 3. The molecule has 0 radical (unpaired) electrons. The first kappa shape index (κ1) is 13.1. The number of benzene rings is 1. The average Bonchev–Trinajstić information content (AvgIpc) is 2.85. The molecule has 6 nitrogen and oxygen atoms in total. The molecule has 6 heteroatoms. The van der Waals surface area contributed by atoms with E-state index in [0.29, 0.717) is 12.1 Å². The van der Waals surface area contributed by atoms with Gasteiger partial charge in [-0.25, -0.2) is 9.67 Å². The number of carbonyl (C=O) groups is 1. The summed E-state index contributed by atoms with van der Waals surface area (Å²) in [6, 6.07) is 7.29. The number of carbonyl (C=O) groups excluding carboxylic acids is 1. The van der Waals surface area contributed by atoms with Crippen LogP contribution in [0.4, 0.5) is 5.69 Å². The van der Waals surface area contributed by atoms with Crippen LogP contribution in [0.5, 0.6) is 0 Å². The van der Waals surface area contributed by atoms with Crippen molar-refractivity contribution in [3.05, 3.63) is 42.0 Å². The molecule has 1 aromatic heterocycles. The van der Waals surface area contributed by atoms with Gasteiger partial charge in [0.25, 0.3) is 0 Å². The molecule has 0 saturated heterocycles. The maximum atomic E-state index is 11.0. The normalized spacial score (nSPS) is 10.7. The molecule has 0 aliphatic carbocycles. The Kier molecular flexibility index (Phi) is 3.79. The number of amides is 1. The van der Waals surface area contributed by atoms with Gasteiger partial charge in [0.05, 0.1) is 6.54 Å². The first-order chi connectivity index (χ1) is 9.08. The van der Waals surface area contributed by atoms with E-state index in [1.54, 1.807) is 18.5 Å². The first-order valence-electron chi connectivity index (χ1n) is 6.10. The highest BCUT2D eigenvalue weighted by atomic mass is 16.1. The van der Waals surface area contributed by atoms with E-state index in [4.69, 9.17) is 5.73 Å². The summed E-state index contributed by atoms with van der Waals surface area (Å²) in [4.78, 5) is 15.2. The number of nitrogens with one attached hydrogen (secondary N) is 1. The Balaban J connectivity index is 2.02. The van der Waals surface area contributed by atoms with Gasteiger partial charge in [-0.05, 0) is 38.1 Å². The topological polar surface area (TPSA) is 85.8 Å². The fraction of sp³-hybridized carbons (Fsp3) is 0.308. The van der Waals surface area contributed by atoms with Crippen molar-refractivity contribution in [1.29, 1.82) is 0 Å². The van der Waals surface area contributed by atoms with E-state index in [1.807, 2.05) is 16.8 Å². The van der Waals surface area contributed by atoms with E-state index in [-0.39, 0.29) is 6.04 Å². The minimum absolute atomic E-state index is 0.275. The lowest BCUT2D eigenvalue weighted by atomic mass is 10.2. The van der Waals surface area contributed by atoms with Crippen molar-refractivity contribution in [1.82, 2.24) is 14.8 Å². The molecule has 2 aromatic rings. The highest BCUT2D eigenvalue weighted by molar-refractivity contribution is 5.93. The van der Waals surface area contributed by atoms with E-state index in [0.717, 1.165) is 11.5 Å². The maximum absolute atomic E-state index is 11.0. The van der Waals surface area contributed by atoms with Crippen molar-refractivity contribution in [2.75, 3.05) is 5.32 Å². The molecule has 3 N–H and O–H groups in total. The fourth-order valence-corrected chi connectivity index (χ4v) is 1.77. The Morgan fingerprint density at radius 3 is 2.63 bits per heavy atom. The summed E-state index contributed by atoms with van der Waals surface area (Å²) in [5.41, 5.74) is 6.59. The average molecular weight is 259 g/mol. The number of hydrogen-bond acceptors (Lipinski definition) is 4. The second kappa shape index (κ2) is 5.51. The van der Waals surface area contributed by atoms with Crippen LogP contribution in [-0.4, -0.2) is 20.7 Å². The van der Waals surface area contributed by atoms with Gasteiger partial charge in [0.2, 0.25) is 5.91 Å². The van der Waals surface area contributed by atoms with Crippen LogP contribution in [0.3, 0.4) is 0 Å². The van der Waals surface area contributed by atoms with Gasteiger partial charge in [-0.2, -0.15) is 5.10 Å². The molecule has 0 aliphatic heterocycles. The Hall–Kier alpha value is -2.37. The van der Waals surface area contributed by atoms with Crippen LogP contribution >= 0.6 is 0 Å². The predicted octanol–water partition coefficient (Wildman–Crippen LogP) is 1.57. The van der Waals surface area contributed by atoms with Gasteiger partial charge < -0.3 is 11.1 Å². The van der Waals surface area contributed by atoms with Crippen LogP contribution < -0.4 is 11.1 Å². The molecular weight excluding hydrogens is 242 g/mol. The van der Waals surface area contributed by atoms with E-state index in [2.05, 4.69) is 29.2 Å². The third-order valence-corrected chi connectivity index (χ3v) is 2.76. The number of anilines is 1. The summed E-state index contributed by atoms with van der Waals surface area (Å²) in [5, 5.41) is 7.40. The zero-order chi connectivity index (χ0) is 13.8. The van der Waals surface area contributed by atoms with Crippen LogP contribution in [0, 0.1) is 0 Å². The van der Waals surface area contributed by atoms with Crippen LogP contribution in [-0.2, 0) is 6.54 Å². The minimum Gasteiger partial charge on any atom is -0.378 e. The van der Waals surface area contributed by atoms with Crippen molar-refractivity contribution in [2.45, 2.75) is 26.4 Å². The Bertz CT molecular complexity index is 559. The highest BCUT2D eigenvalue weighted by Gasteiger charge is 2.07. The van der Waals surface area contributed by atoms with E-state index in [9.17, 15) is 4.79 Å². The van der Waals surface area contributed by atoms with Crippen molar-refractivity contribution in [3.8, 4) is 0 Å². The standard InChI is InChI=1S/C13H17N5O/c1-9(2)18-12(16-8-17-18)7-15-11-5-3-10(4-6-11)13(14)19/h3-6,8-9,15H,7H2,1-2H3,(H2,14,19). The van der Waals surface area contributed by atoms with Crippen LogP contribution in [0.2, 0.25) is 0 Å². The molecule has 0 unspecified atom stereocenters. The number of nitrogens with zero attached hydrogens (tertiary/aromatic N) is 3. The molecule has 1 amide bonds. The summed E-state index contributed by atoms with van der Waals surface area (Å²) in [5.74, 6) is 0.445. The quantitative estimate of drug-likeness (QED) is 0.853. The molecule has 2 rings (SSSR count). The van der Waals surface area contributed by atoms with Crippen LogP contribution in [0.25, 0.3) is 0 Å². The lowest BCUT2D eigenvalue weighted by Gasteiger charge is -2.10. The van der Waals surface area contributed by atoms with Crippen molar-refractivity contribution in [3.63, 3.8) is 0 Å². The summed E-state index contributed by atoms with van der Waals surface area (Å²) in [6.07, 6.45) is 1.55. The summed E-state index contributed by atoms with van der Waals surface area (Å²) < 4.78 is 1.87. The summed E-state index contributed by atoms with van der Waals surface area (Å²) in [6.45, 7) is 4.69. The monoisotopic (exact) mass is 259 g/mol. The minimum atomic E-state index is -0.425. The molecule has 0 saturated carbocycles. The molecule has 1 aromatic carbocycles. The van der Waals surface area contributed by atoms with Gasteiger partial charge >= 0.3 is 0 Å². The largest absolute Gasteiger partial charge is 0.378 e. The lowest BCUT2D eigenvalue weighted by Crippen LogP contribution is -2.12. The van der Waals surface area contributed by atoms with Gasteiger partial charge in [0, 0.05) is 17.3 Å². The fourth-order valence-electron chi connectivity index (χ4n) is 1.77. The number of hydrogen-bond donors (Lipinski definition) is 2. The molecular formula is C13H17N5O. The molecule has 0 spiro atoms. The molecule has 0 atom stereocenters. The summed E-state index contributed by atoms with van der Waals surface area (Å²) in [7, 11) is 0. The number of rotatable bonds is 5. The highest BCUT2D eigenvalue weighted by Crippen LogP contribution is 2.11. The van der Waals surface area contributed by atoms with E-state index in [1.165, 1.54) is 0 Å². The summed E-state index contributed by atoms with van der Waals surface area (Å²) >= 11 is 0. The van der Waals surface area contributed by atoms with Gasteiger partial charge in [-0.3, -0.25) is 4.79 Å². The zero-order valence-electron chi connectivity index (χ0n) is 11.0. The Morgan fingerprint density at radius 2 is 2.05 bits per heavy atom. The van der Waals surface area contributed by atoms with Crippen molar-refractivity contribution < 1.29 is 4.79 Å². The van der Waals surface area contributed by atoms with Gasteiger partial charge in [-0.1, -0.05) is 0 Å². The number of primary amides is 1. The third-order valence-electron chi connectivity index (χ3n) is 2.76. The zero-order valence-corrected chi connectivity index (χ0v) is 11.0. The first-order valence-corrected chi connectivity index (χ1v) is 6.10. The maximum Gasteiger partial charge on any atom is 0.248 e. The van der Waals surface area contributed by atoms with Crippen LogP contribution in [0.1, 0.15) is 36.1 Å². The predicted molar refractivity (Wildman–Crippen MR) is 72.7 cm³/mol. The number of nitrogens with two attached hydrogens (primary N) is 1. The van der Waals surface area contributed by atoms with E-state index < -0.39 is 5.91 Å². The van der Waals surface area contributed by atoms with Crippen LogP contribution in [0.15, 0.2) is 30.6 Å². The SMILES string of the molecule is CC(C)n1ncnc1CNc1ccc(C(N)=O)cc1. The lowest BCUT2D eigenvalue weighted by molar-refractivity contribution is 0.100. The van der Waals surface area contributed by atoms with Gasteiger partial charge in [0.1, 0.15) is 12.2 Å². The third kappa shape index (κ3) is 3.09.